The number of hydrogen-bond donors (Lipinski definition) is 2. The second kappa shape index (κ2) is 12.8. The Hall–Kier alpha value is -4.58. The van der Waals surface area contributed by atoms with Crippen LogP contribution in [0.1, 0.15) is 22.3 Å². The highest BCUT2D eigenvalue weighted by atomic mass is 16.5. The van der Waals surface area contributed by atoms with Crippen LogP contribution in [0.3, 0.4) is 0 Å². The van der Waals surface area contributed by atoms with Crippen molar-refractivity contribution >= 4 is 23.2 Å². The van der Waals surface area contributed by atoms with Crippen molar-refractivity contribution in [2.45, 2.75) is 12.8 Å². The summed E-state index contributed by atoms with van der Waals surface area (Å²) in [5, 5.41) is 5.76. The van der Waals surface area contributed by atoms with Gasteiger partial charge in [-0.15, -0.1) is 0 Å². The molecule has 4 aromatic carbocycles. The molecule has 36 heavy (non-hydrogen) atoms. The zero-order valence-corrected chi connectivity index (χ0v) is 19.9. The van der Waals surface area contributed by atoms with Crippen LogP contribution in [0.2, 0.25) is 0 Å². The van der Waals surface area contributed by atoms with E-state index in [0.717, 1.165) is 11.3 Å². The fourth-order valence-corrected chi connectivity index (χ4v) is 3.54. The van der Waals surface area contributed by atoms with E-state index in [1.807, 2.05) is 60.7 Å². The summed E-state index contributed by atoms with van der Waals surface area (Å²) in [5.74, 6) is 1.13. The molecule has 6 heteroatoms. The number of anilines is 2. The highest BCUT2D eigenvalue weighted by molar-refractivity contribution is 6.04. The SMILES string of the molecule is O=C(CCc1ccccc1)Nc1cccc(NC(=O)c2ccc(OCCOc3ccccc3)cc2)c1. The van der Waals surface area contributed by atoms with Crippen molar-refractivity contribution in [1.29, 1.82) is 0 Å². The van der Waals surface area contributed by atoms with E-state index in [9.17, 15) is 9.59 Å². The van der Waals surface area contributed by atoms with E-state index in [0.29, 0.717) is 48.7 Å². The minimum absolute atomic E-state index is 0.0768. The normalized spacial score (nSPS) is 10.3. The van der Waals surface area contributed by atoms with Gasteiger partial charge in [0.2, 0.25) is 5.91 Å². The maximum absolute atomic E-state index is 12.7. The number of carbonyl (C=O) groups is 2. The Labute approximate surface area is 210 Å². The number of carbonyl (C=O) groups excluding carboxylic acids is 2. The van der Waals surface area contributed by atoms with Crippen LogP contribution >= 0.6 is 0 Å². The third kappa shape index (κ3) is 7.74. The van der Waals surface area contributed by atoms with Crippen molar-refractivity contribution in [2.24, 2.45) is 0 Å². The summed E-state index contributed by atoms with van der Waals surface area (Å²) in [6.07, 6.45) is 1.05. The van der Waals surface area contributed by atoms with E-state index in [1.54, 1.807) is 48.5 Å². The molecule has 0 aliphatic heterocycles. The highest BCUT2D eigenvalue weighted by Gasteiger charge is 2.08. The standard InChI is InChI=1S/C30H28N2O4/c33-29(19-14-23-8-3-1-4-9-23)31-25-10-7-11-26(22-25)32-30(34)24-15-17-28(18-16-24)36-21-20-35-27-12-5-2-6-13-27/h1-13,15-18,22H,14,19-21H2,(H,31,33)(H,32,34). The van der Waals surface area contributed by atoms with Gasteiger partial charge in [-0.25, -0.2) is 0 Å². The minimum atomic E-state index is -0.249. The lowest BCUT2D eigenvalue weighted by Gasteiger charge is -2.10. The Morgan fingerprint density at radius 3 is 1.86 bits per heavy atom. The molecule has 4 aromatic rings. The van der Waals surface area contributed by atoms with Crippen LogP contribution in [-0.2, 0) is 11.2 Å². The first-order chi connectivity index (χ1) is 17.7. The lowest BCUT2D eigenvalue weighted by atomic mass is 10.1. The van der Waals surface area contributed by atoms with Crippen LogP contribution in [0.25, 0.3) is 0 Å². The molecular formula is C30H28N2O4. The number of hydrogen-bond acceptors (Lipinski definition) is 4. The number of aryl methyl sites for hydroxylation is 1. The molecule has 0 fully saturated rings. The largest absolute Gasteiger partial charge is 0.490 e. The number of nitrogens with one attached hydrogen (secondary N) is 2. The third-order valence-corrected chi connectivity index (χ3v) is 5.37. The first-order valence-corrected chi connectivity index (χ1v) is 11.8. The zero-order chi connectivity index (χ0) is 25.0. The van der Waals surface area contributed by atoms with Crippen molar-refractivity contribution in [2.75, 3.05) is 23.8 Å². The van der Waals surface area contributed by atoms with Crippen molar-refractivity contribution in [3.8, 4) is 11.5 Å². The molecule has 0 heterocycles. The summed E-state index contributed by atoms with van der Waals surface area (Å²) in [7, 11) is 0. The first kappa shape index (κ1) is 24.5. The smallest absolute Gasteiger partial charge is 0.255 e. The maximum Gasteiger partial charge on any atom is 0.255 e. The molecule has 2 amide bonds. The van der Waals surface area contributed by atoms with Crippen LogP contribution < -0.4 is 20.1 Å². The Morgan fingerprint density at radius 1 is 0.611 bits per heavy atom. The summed E-state index contributed by atoms with van der Waals surface area (Å²) >= 11 is 0. The van der Waals surface area contributed by atoms with Gasteiger partial charge in [0.05, 0.1) is 0 Å². The van der Waals surface area contributed by atoms with Gasteiger partial charge in [0.15, 0.2) is 0 Å². The van der Waals surface area contributed by atoms with Gasteiger partial charge in [-0.2, -0.15) is 0 Å². The van der Waals surface area contributed by atoms with Crippen LogP contribution in [0.15, 0.2) is 109 Å². The van der Waals surface area contributed by atoms with E-state index in [2.05, 4.69) is 10.6 Å². The number of amides is 2. The van der Waals surface area contributed by atoms with Crippen molar-refractivity contribution < 1.29 is 19.1 Å². The van der Waals surface area contributed by atoms with E-state index in [1.165, 1.54) is 0 Å². The van der Waals surface area contributed by atoms with Gasteiger partial charge in [0.25, 0.3) is 5.91 Å². The van der Waals surface area contributed by atoms with E-state index < -0.39 is 0 Å². The summed E-state index contributed by atoms with van der Waals surface area (Å²) < 4.78 is 11.3. The van der Waals surface area contributed by atoms with Crippen LogP contribution in [0.4, 0.5) is 11.4 Å². The van der Waals surface area contributed by atoms with Crippen LogP contribution in [0.5, 0.6) is 11.5 Å². The fourth-order valence-electron chi connectivity index (χ4n) is 3.54. The van der Waals surface area contributed by atoms with Gasteiger partial charge in [0.1, 0.15) is 24.7 Å². The molecule has 0 aliphatic carbocycles. The van der Waals surface area contributed by atoms with Crippen LogP contribution in [0, 0.1) is 0 Å². The molecule has 4 rings (SSSR count). The zero-order valence-electron chi connectivity index (χ0n) is 19.9. The molecule has 0 aliphatic rings. The average Bonchev–Trinajstić information content (AvgIpc) is 2.92. The molecule has 0 saturated heterocycles. The lowest BCUT2D eigenvalue weighted by Crippen LogP contribution is -2.14. The fraction of sp³-hybridized carbons (Fsp3) is 0.133. The molecule has 0 aromatic heterocycles. The molecule has 0 unspecified atom stereocenters. The van der Waals surface area contributed by atoms with Gasteiger partial charge in [-0.05, 0) is 66.6 Å². The molecule has 182 valence electrons. The van der Waals surface area contributed by atoms with E-state index in [-0.39, 0.29) is 11.8 Å². The first-order valence-electron chi connectivity index (χ1n) is 11.8. The summed E-state index contributed by atoms with van der Waals surface area (Å²) in [6.45, 7) is 0.815. The monoisotopic (exact) mass is 480 g/mol. The quantitative estimate of drug-likeness (QED) is 0.259. The molecule has 2 N–H and O–H groups in total. The van der Waals surface area contributed by atoms with Gasteiger partial charge >= 0.3 is 0 Å². The predicted molar refractivity (Wildman–Crippen MR) is 142 cm³/mol. The molecule has 0 radical (unpaired) electrons. The van der Waals surface area contributed by atoms with Crippen molar-refractivity contribution in [3.05, 3.63) is 120 Å². The van der Waals surface area contributed by atoms with Crippen LogP contribution in [-0.4, -0.2) is 25.0 Å². The van der Waals surface area contributed by atoms with Gasteiger partial charge < -0.3 is 20.1 Å². The molecule has 6 nitrogen and oxygen atoms in total. The minimum Gasteiger partial charge on any atom is -0.490 e. The Bertz CT molecular complexity index is 1260. The molecule has 0 saturated carbocycles. The number of ether oxygens (including phenoxy) is 2. The summed E-state index contributed by atoms with van der Waals surface area (Å²) in [4.78, 5) is 25.0. The van der Waals surface area contributed by atoms with E-state index in [4.69, 9.17) is 9.47 Å². The maximum atomic E-state index is 12.7. The second-order valence-corrected chi connectivity index (χ2v) is 8.10. The number of rotatable bonds is 11. The van der Waals surface area contributed by atoms with Gasteiger partial charge in [-0.3, -0.25) is 9.59 Å². The summed E-state index contributed by atoms with van der Waals surface area (Å²) in [6, 6.07) is 33.4. The second-order valence-electron chi connectivity index (χ2n) is 8.10. The van der Waals surface area contributed by atoms with E-state index >= 15 is 0 Å². The summed E-state index contributed by atoms with van der Waals surface area (Å²) in [5.41, 5.74) is 2.84. The Balaban J connectivity index is 1.23. The molecule has 0 bridgehead atoms. The van der Waals surface area contributed by atoms with Gasteiger partial charge in [-0.1, -0.05) is 54.6 Å². The highest BCUT2D eigenvalue weighted by Crippen LogP contribution is 2.18. The van der Waals surface area contributed by atoms with Gasteiger partial charge in [0, 0.05) is 23.4 Å². The predicted octanol–water partition coefficient (Wildman–Crippen LogP) is 5.97. The van der Waals surface area contributed by atoms with Crippen molar-refractivity contribution in [1.82, 2.24) is 0 Å². The molecular weight excluding hydrogens is 452 g/mol. The topological polar surface area (TPSA) is 76.7 Å². The lowest BCUT2D eigenvalue weighted by molar-refractivity contribution is -0.116. The Morgan fingerprint density at radius 2 is 1.19 bits per heavy atom. The molecule has 0 spiro atoms. The average molecular weight is 481 g/mol. The third-order valence-electron chi connectivity index (χ3n) is 5.37. The van der Waals surface area contributed by atoms with Crippen molar-refractivity contribution in [3.63, 3.8) is 0 Å². The Kier molecular flexibility index (Phi) is 8.70. The molecule has 0 atom stereocenters. The number of benzene rings is 4. The number of para-hydroxylation sites is 1.